The van der Waals surface area contributed by atoms with E-state index in [0.29, 0.717) is 42.2 Å². The Bertz CT molecular complexity index is 186. The molecular formula is C10H16O2. The monoisotopic (exact) mass is 168 g/mol. The van der Waals surface area contributed by atoms with Crippen LogP contribution in [0.5, 0.6) is 0 Å². The van der Waals surface area contributed by atoms with E-state index in [-0.39, 0.29) is 0 Å². The van der Waals surface area contributed by atoms with Gasteiger partial charge in [0.05, 0.1) is 24.4 Å². The van der Waals surface area contributed by atoms with Crippen LogP contribution >= 0.6 is 0 Å². The summed E-state index contributed by atoms with van der Waals surface area (Å²) in [7, 11) is 0. The first kappa shape index (κ1) is 7.34. The van der Waals surface area contributed by atoms with Crippen LogP contribution in [0.1, 0.15) is 20.8 Å². The summed E-state index contributed by atoms with van der Waals surface area (Å²) in [5.41, 5.74) is 0. The summed E-state index contributed by atoms with van der Waals surface area (Å²) in [6.07, 6.45) is 1.78. The maximum absolute atomic E-state index is 5.96. The molecule has 68 valence electrons. The average molecular weight is 168 g/mol. The first-order chi connectivity index (χ1) is 5.70. The summed E-state index contributed by atoms with van der Waals surface area (Å²) in [4.78, 5) is 0. The van der Waals surface area contributed by atoms with Crippen molar-refractivity contribution in [3.63, 3.8) is 0 Å². The summed E-state index contributed by atoms with van der Waals surface area (Å²) >= 11 is 0. The fraction of sp³-hybridized carbons (Fsp3) is 1.00. The molecule has 4 aliphatic heterocycles. The van der Waals surface area contributed by atoms with Gasteiger partial charge in [-0.3, -0.25) is 0 Å². The van der Waals surface area contributed by atoms with Gasteiger partial charge in [-0.05, 0) is 0 Å². The number of rotatable bonds is 0. The summed E-state index contributed by atoms with van der Waals surface area (Å²) < 4.78 is 11.9. The number of ether oxygens (including phenoxy) is 2. The summed E-state index contributed by atoms with van der Waals surface area (Å²) in [6, 6.07) is 0. The molecule has 1 unspecified atom stereocenters. The fourth-order valence-corrected chi connectivity index (χ4v) is 3.38. The normalized spacial score (nSPS) is 67.8. The second-order valence-electron chi connectivity index (χ2n) is 4.71. The van der Waals surface area contributed by atoms with Crippen molar-refractivity contribution in [2.24, 2.45) is 17.8 Å². The van der Waals surface area contributed by atoms with Gasteiger partial charge in [-0.15, -0.1) is 0 Å². The smallest absolute Gasteiger partial charge is 0.0894 e. The SMILES string of the molecule is C[C@@H]1[C@H]2OC3[C@@H](C)[C@@H]1O[C@@H]2[C@H]3C. The lowest BCUT2D eigenvalue weighted by Gasteiger charge is -2.38. The van der Waals surface area contributed by atoms with E-state index >= 15 is 0 Å². The Hall–Kier alpha value is -0.0800. The van der Waals surface area contributed by atoms with Gasteiger partial charge in [0.1, 0.15) is 0 Å². The molecule has 4 rings (SSSR count). The fourth-order valence-electron chi connectivity index (χ4n) is 3.38. The zero-order chi connectivity index (χ0) is 8.46. The van der Waals surface area contributed by atoms with Gasteiger partial charge < -0.3 is 9.47 Å². The predicted octanol–water partition coefficient (Wildman–Crippen LogP) is 1.44. The standard InChI is InChI=1S/C10H16O2/c1-4-7-5(2)9-10(11-7)6(3)8(4)12-9/h4-10H,1-3H3/t4-,5-,6-,7-,8?,9+,10+/m0/s1. The Morgan fingerprint density at radius 1 is 0.583 bits per heavy atom. The lowest BCUT2D eigenvalue weighted by atomic mass is 9.85. The Morgan fingerprint density at radius 2 is 0.917 bits per heavy atom. The van der Waals surface area contributed by atoms with Crippen LogP contribution in [0.25, 0.3) is 0 Å². The van der Waals surface area contributed by atoms with E-state index in [4.69, 9.17) is 9.47 Å². The molecule has 4 fully saturated rings. The molecule has 12 heavy (non-hydrogen) atoms. The van der Waals surface area contributed by atoms with Crippen molar-refractivity contribution >= 4 is 0 Å². The second kappa shape index (κ2) is 2.05. The zero-order valence-electron chi connectivity index (χ0n) is 7.86. The topological polar surface area (TPSA) is 18.5 Å². The molecule has 0 saturated carbocycles. The molecule has 4 heterocycles. The number of hydrogen-bond donors (Lipinski definition) is 0. The van der Waals surface area contributed by atoms with Crippen LogP contribution in [0.4, 0.5) is 0 Å². The third-order valence-corrected chi connectivity index (χ3v) is 4.06. The van der Waals surface area contributed by atoms with Crippen LogP contribution < -0.4 is 0 Å². The molecule has 7 atom stereocenters. The third kappa shape index (κ3) is 0.612. The van der Waals surface area contributed by atoms with Crippen molar-refractivity contribution in [2.45, 2.75) is 45.2 Å². The summed E-state index contributed by atoms with van der Waals surface area (Å²) in [5, 5.41) is 0. The van der Waals surface area contributed by atoms with Gasteiger partial charge in [-0.2, -0.15) is 0 Å². The first-order valence-electron chi connectivity index (χ1n) is 5.01. The highest BCUT2D eigenvalue weighted by molar-refractivity contribution is 5.08. The molecule has 4 saturated heterocycles. The molecule has 4 bridgehead atoms. The van der Waals surface area contributed by atoms with E-state index in [2.05, 4.69) is 20.8 Å². The first-order valence-corrected chi connectivity index (χ1v) is 5.01. The van der Waals surface area contributed by atoms with E-state index in [1.54, 1.807) is 0 Å². The van der Waals surface area contributed by atoms with E-state index in [1.807, 2.05) is 0 Å². The maximum atomic E-state index is 5.96. The van der Waals surface area contributed by atoms with Crippen molar-refractivity contribution in [3.8, 4) is 0 Å². The van der Waals surface area contributed by atoms with Crippen LogP contribution in [0.2, 0.25) is 0 Å². The van der Waals surface area contributed by atoms with E-state index < -0.39 is 0 Å². The Kier molecular flexibility index (Phi) is 1.25. The van der Waals surface area contributed by atoms with Crippen molar-refractivity contribution in [1.82, 2.24) is 0 Å². The van der Waals surface area contributed by atoms with Gasteiger partial charge in [0.25, 0.3) is 0 Å². The molecule has 4 aliphatic rings. The van der Waals surface area contributed by atoms with Crippen molar-refractivity contribution in [3.05, 3.63) is 0 Å². The highest BCUT2D eigenvalue weighted by atomic mass is 16.6. The minimum atomic E-state index is 0.409. The summed E-state index contributed by atoms with van der Waals surface area (Å²) in [6.45, 7) is 6.79. The van der Waals surface area contributed by atoms with Crippen molar-refractivity contribution < 1.29 is 9.47 Å². The second-order valence-corrected chi connectivity index (χ2v) is 4.71. The van der Waals surface area contributed by atoms with Crippen molar-refractivity contribution in [2.75, 3.05) is 0 Å². The average Bonchev–Trinajstić information content (AvgIpc) is 2.43. The van der Waals surface area contributed by atoms with Crippen molar-refractivity contribution in [1.29, 1.82) is 0 Å². The lowest BCUT2D eigenvalue weighted by Crippen LogP contribution is -2.44. The molecule has 0 aromatic carbocycles. The highest BCUT2D eigenvalue weighted by Crippen LogP contribution is 2.52. The van der Waals surface area contributed by atoms with Gasteiger partial charge in [0.2, 0.25) is 0 Å². The molecule has 0 N–H and O–H groups in total. The highest BCUT2D eigenvalue weighted by Gasteiger charge is 2.61. The zero-order valence-corrected chi connectivity index (χ0v) is 7.86. The van der Waals surface area contributed by atoms with Crippen LogP contribution in [0.15, 0.2) is 0 Å². The number of hydrogen-bond acceptors (Lipinski definition) is 2. The van der Waals surface area contributed by atoms with Gasteiger partial charge in [-0.25, -0.2) is 0 Å². The lowest BCUT2D eigenvalue weighted by molar-refractivity contribution is -0.122. The molecule has 2 heteroatoms. The van der Waals surface area contributed by atoms with Gasteiger partial charge in [-0.1, -0.05) is 20.8 Å². The molecular weight excluding hydrogens is 152 g/mol. The van der Waals surface area contributed by atoms with Crippen LogP contribution in [-0.2, 0) is 9.47 Å². The predicted molar refractivity (Wildman–Crippen MR) is 44.8 cm³/mol. The maximum Gasteiger partial charge on any atom is 0.0894 e. The van der Waals surface area contributed by atoms with Gasteiger partial charge >= 0.3 is 0 Å². The molecule has 0 aromatic rings. The van der Waals surface area contributed by atoms with Crippen LogP contribution in [0.3, 0.4) is 0 Å². The third-order valence-electron chi connectivity index (χ3n) is 4.06. The van der Waals surface area contributed by atoms with Gasteiger partial charge in [0.15, 0.2) is 0 Å². The Labute approximate surface area is 73.2 Å². The Morgan fingerprint density at radius 3 is 1.33 bits per heavy atom. The minimum Gasteiger partial charge on any atom is -0.371 e. The largest absolute Gasteiger partial charge is 0.371 e. The molecule has 2 nitrogen and oxygen atoms in total. The van der Waals surface area contributed by atoms with E-state index in [1.165, 1.54) is 0 Å². The van der Waals surface area contributed by atoms with Crippen LogP contribution in [0, 0.1) is 17.8 Å². The van der Waals surface area contributed by atoms with Gasteiger partial charge in [0, 0.05) is 17.8 Å². The molecule has 0 amide bonds. The molecule has 0 aliphatic carbocycles. The molecule has 0 aromatic heterocycles. The quantitative estimate of drug-likeness (QED) is 0.545. The van der Waals surface area contributed by atoms with Crippen LogP contribution in [-0.4, -0.2) is 24.4 Å². The van der Waals surface area contributed by atoms with E-state index in [9.17, 15) is 0 Å². The molecule has 0 radical (unpaired) electrons. The van der Waals surface area contributed by atoms with E-state index in [0.717, 1.165) is 0 Å². The Balaban J connectivity index is 2.01. The molecule has 0 spiro atoms. The summed E-state index contributed by atoms with van der Waals surface area (Å²) in [5.74, 6) is 1.84. The minimum absolute atomic E-state index is 0.409.